The van der Waals surface area contributed by atoms with Gasteiger partial charge in [0, 0.05) is 16.3 Å². The van der Waals surface area contributed by atoms with E-state index in [9.17, 15) is 9.18 Å². The molecular weight excluding hydrogens is 359 g/mol. The fraction of sp³-hybridized carbons (Fsp3) is 0.158. The topological polar surface area (TPSA) is 64.3 Å². The number of carboxylic acid groups (broad SMARTS) is 1. The fourth-order valence-electron chi connectivity index (χ4n) is 2.49. The first-order valence-corrected chi connectivity index (χ1v) is 8.23. The largest absolute Gasteiger partial charge is 0.489 e. The summed E-state index contributed by atoms with van der Waals surface area (Å²) in [5, 5.41) is 13.7. The monoisotopic (exact) mass is 374 g/mol. The van der Waals surface area contributed by atoms with Crippen LogP contribution in [0.3, 0.4) is 0 Å². The minimum Gasteiger partial charge on any atom is -0.489 e. The summed E-state index contributed by atoms with van der Waals surface area (Å²) in [6.07, 6.45) is 0. The Kier molecular flexibility index (Phi) is 5.23. The minimum absolute atomic E-state index is 0.0155. The molecule has 5 nitrogen and oxygen atoms in total. The van der Waals surface area contributed by atoms with Gasteiger partial charge in [-0.25, -0.2) is 9.18 Å². The molecule has 0 aliphatic heterocycles. The number of aryl methyl sites for hydroxylation is 1. The molecule has 1 N–H and O–H groups in total. The van der Waals surface area contributed by atoms with E-state index in [1.54, 1.807) is 41.9 Å². The van der Waals surface area contributed by atoms with E-state index in [0.717, 1.165) is 11.1 Å². The Balaban J connectivity index is 1.81. The highest BCUT2D eigenvalue weighted by Gasteiger charge is 2.13. The zero-order valence-electron chi connectivity index (χ0n) is 13.9. The number of aromatic nitrogens is 2. The molecule has 2 aromatic carbocycles. The number of ether oxygens (including phenoxy) is 1. The maximum absolute atomic E-state index is 13.0. The van der Waals surface area contributed by atoms with Crippen LogP contribution in [0.25, 0.3) is 0 Å². The standard InChI is InChI=1S/C19H16ClFN2O3/c1-12-8-17(19(24)25)22-23(12)10-14-9-15(20)4-7-18(14)26-11-13-2-5-16(21)6-3-13/h2-9H,10-11H2,1H3,(H,24,25). The molecule has 26 heavy (non-hydrogen) atoms. The normalized spacial score (nSPS) is 10.7. The second-order valence-corrected chi connectivity index (χ2v) is 6.24. The van der Waals surface area contributed by atoms with Crippen LogP contribution in [0.15, 0.2) is 48.5 Å². The predicted octanol–water partition coefficient (Wildman–Crippen LogP) is 4.31. The Morgan fingerprint density at radius 1 is 1.23 bits per heavy atom. The van der Waals surface area contributed by atoms with Crippen molar-refractivity contribution in [3.05, 3.63) is 81.9 Å². The first-order valence-electron chi connectivity index (χ1n) is 7.86. The molecule has 0 spiro atoms. The van der Waals surface area contributed by atoms with Gasteiger partial charge in [-0.05, 0) is 48.9 Å². The van der Waals surface area contributed by atoms with Crippen molar-refractivity contribution in [3.63, 3.8) is 0 Å². The van der Waals surface area contributed by atoms with Crippen LogP contribution in [-0.2, 0) is 13.2 Å². The number of hydrogen-bond acceptors (Lipinski definition) is 3. The summed E-state index contributed by atoms with van der Waals surface area (Å²) >= 11 is 6.09. The molecular formula is C19H16ClFN2O3. The van der Waals surface area contributed by atoms with Crippen LogP contribution < -0.4 is 4.74 Å². The van der Waals surface area contributed by atoms with Crippen molar-refractivity contribution in [2.24, 2.45) is 0 Å². The van der Waals surface area contributed by atoms with Crippen LogP contribution in [0.4, 0.5) is 4.39 Å². The van der Waals surface area contributed by atoms with Crippen LogP contribution in [0.2, 0.25) is 5.02 Å². The molecule has 0 aliphatic carbocycles. The second-order valence-electron chi connectivity index (χ2n) is 5.80. The van der Waals surface area contributed by atoms with E-state index in [1.165, 1.54) is 18.2 Å². The van der Waals surface area contributed by atoms with Crippen molar-refractivity contribution in [2.45, 2.75) is 20.1 Å². The van der Waals surface area contributed by atoms with E-state index in [1.807, 2.05) is 0 Å². The first-order chi connectivity index (χ1) is 12.4. The number of nitrogens with zero attached hydrogens (tertiary/aromatic N) is 2. The summed E-state index contributed by atoms with van der Waals surface area (Å²) in [6.45, 7) is 2.37. The van der Waals surface area contributed by atoms with Gasteiger partial charge in [0.1, 0.15) is 18.2 Å². The zero-order chi connectivity index (χ0) is 18.7. The van der Waals surface area contributed by atoms with Crippen molar-refractivity contribution in [1.82, 2.24) is 9.78 Å². The van der Waals surface area contributed by atoms with E-state index in [4.69, 9.17) is 21.4 Å². The molecule has 7 heteroatoms. The molecule has 0 unspecified atom stereocenters. The average Bonchev–Trinajstić information content (AvgIpc) is 2.97. The smallest absolute Gasteiger partial charge is 0.356 e. The van der Waals surface area contributed by atoms with Crippen molar-refractivity contribution < 1.29 is 19.0 Å². The van der Waals surface area contributed by atoms with E-state index < -0.39 is 5.97 Å². The number of benzene rings is 2. The van der Waals surface area contributed by atoms with Gasteiger partial charge in [0.15, 0.2) is 5.69 Å². The lowest BCUT2D eigenvalue weighted by atomic mass is 10.2. The minimum atomic E-state index is -1.08. The molecule has 0 aliphatic rings. The van der Waals surface area contributed by atoms with Crippen molar-refractivity contribution >= 4 is 17.6 Å². The third-order valence-electron chi connectivity index (χ3n) is 3.85. The second kappa shape index (κ2) is 7.58. The maximum Gasteiger partial charge on any atom is 0.356 e. The summed E-state index contributed by atoms with van der Waals surface area (Å²) in [6, 6.07) is 12.8. The van der Waals surface area contributed by atoms with Gasteiger partial charge in [0.05, 0.1) is 6.54 Å². The van der Waals surface area contributed by atoms with Gasteiger partial charge in [-0.15, -0.1) is 0 Å². The van der Waals surface area contributed by atoms with Crippen molar-refractivity contribution in [1.29, 1.82) is 0 Å². The van der Waals surface area contributed by atoms with Gasteiger partial charge in [-0.3, -0.25) is 4.68 Å². The SMILES string of the molecule is Cc1cc(C(=O)O)nn1Cc1cc(Cl)ccc1OCc1ccc(F)cc1. The number of aromatic carboxylic acids is 1. The number of halogens is 2. The van der Waals surface area contributed by atoms with Gasteiger partial charge < -0.3 is 9.84 Å². The molecule has 1 aromatic heterocycles. The Morgan fingerprint density at radius 2 is 1.96 bits per heavy atom. The molecule has 134 valence electrons. The summed E-state index contributed by atoms with van der Waals surface area (Å²) < 4.78 is 20.4. The van der Waals surface area contributed by atoms with Crippen LogP contribution in [0, 0.1) is 12.7 Å². The fourth-order valence-corrected chi connectivity index (χ4v) is 2.68. The Morgan fingerprint density at radius 3 is 2.62 bits per heavy atom. The van der Waals surface area contributed by atoms with Gasteiger partial charge in [-0.1, -0.05) is 23.7 Å². The summed E-state index contributed by atoms with van der Waals surface area (Å²) in [5.41, 5.74) is 2.30. The Labute approximate surface area is 154 Å². The molecule has 1 heterocycles. The lowest BCUT2D eigenvalue weighted by molar-refractivity contribution is 0.0689. The van der Waals surface area contributed by atoms with Crippen LogP contribution in [0.5, 0.6) is 5.75 Å². The lowest BCUT2D eigenvalue weighted by Crippen LogP contribution is -2.08. The molecule has 3 rings (SSSR count). The summed E-state index contributed by atoms with van der Waals surface area (Å²) in [4.78, 5) is 11.1. The predicted molar refractivity (Wildman–Crippen MR) is 95.2 cm³/mol. The van der Waals surface area contributed by atoms with Crippen LogP contribution in [0.1, 0.15) is 27.3 Å². The van der Waals surface area contributed by atoms with Gasteiger partial charge in [0.2, 0.25) is 0 Å². The third kappa shape index (κ3) is 4.21. The Bertz CT molecular complexity index is 938. The summed E-state index contributed by atoms with van der Waals surface area (Å²) in [5.74, 6) is -0.777. The molecule has 3 aromatic rings. The third-order valence-corrected chi connectivity index (χ3v) is 4.09. The number of hydrogen-bond donors (Lipinski definition) is 1. The lowest BCUT2D eigenvalue weighted by Gasteiger charge is -2.13. The highest BCUT2D eigenvalue weighted by Crippen LogP contribution is 2.25. The van der Waals surface area contributed by atoms with E-state index in [-0.39, 0.29) is 18.1 Å². The van der Waals surface area contributed by atoms with Gasteiger partial charge in [-0.2, -0.15) is 5.10 Å². The van der Waals surface area contributed by atoms with E-state index in [2.05, 4.69) is 5.10 Å². The van der Waals surface area contributed by atoms with Crippen LogP contribution >= 0.6 is 11.6 Å². The summed E-state index contributed by atoms with van der Waals surface area (Å²) in [7, 11) is 0. The van der Waals surface area contributed by atoms with Gasteiger partial charge >= 0.3 is 5.97 Å². The number of carbonyl (C=O) groups is 1. The van der Waals surface area contributed by atoms with E-state index >= 15 is 0 Å². The highest BCUT2D eigenvalue weighted by atomic mass is 35.5. The number of carboxylic acids is 1. The molecule has 0 bridgehead atoms. The Hall–Kier alpha value is -2.86. The molecule has 0 amide bonds. The molecule has 0 saturated heterocycles. The molecule has 0 radical (unpaired) electrons. The van der Waals surface area contributed by atoms with Gasteiger partial charge in [0.25, 0.3) is 0 Å². The quantitative estimate of drug-likeness (QED) is 0.698. The molecule has 0 fully saturated rings. The molecule has 0 saturated carbocycles. The maximum atomic E-state index is 13.0. The highest BCUT2D eigenvalue weighted by molar-refractivity contribution is 6.30. The van der Waals surface area contributed by atoms with E-state index in [0.29, 0.717) is 23.0 Å². The number of rotatable bonds is 6. The van der Waals surface area contributed by atoms with Crippen molar-refractivity contribution in [3.8, 4) is 5.75 Å². The van der Waals surface area contributed by atoms with Crippen LogP contribution in [-0.4, -0.2) is 20.9 Å². The molecule has 0 atom stereocenters. The zero-order valence-corrected chi connectivity index (χ0v) is 14.7. The van der Waals surface area contributed by atoms with Crippen molar-refractivity contribution in [2.75, 3.05) is 0 Å². The average molecular weight is 375 g/mol. The first kappa shape index (κ1) is 17.9.